The van der Waals surface area contributed by atoms with E-state index in [0.717, 1.165) is 24.0 Å². The first-order chi connectivity index (χ1) is 17.9. The van der Waals surface area contributed by atoms with E-state index < -0.39 is 10.0 Å². The van der Waals surface area contributed by atoms with Crippen molar-refractivity contribution in [3.8, 4) is 0 Å². The molecular weight excluding hydrogens is 527 g/mol. The minimum absolute atomic E-state index is 0.101. The van der Waals surface area contributed by atoms with Crippen LogP contribution in [0, 0.1) is 0 Å². The number of para-hydroxylation sites is 1. The van der Waals surface area contributed by atoms with Crippen molar-refractivity contribution in [3.63, 3.8) is 0 Å². The van der Waals surface area contributed by atoms with Crippen LogP contribution in [0.3, 0.4) is 0 Å². The minimum atomic E-state index is -3.70. The highest BCUT2D eigenvalue weighted by atomic mass is 32.2. The Hall–Kier alpha value is -2.79. The number of sulfonamides is 1. The Morgan fingerprint density at radius 1 is 1.11 bits per heavy atom. The van der Waals surface area contributed by atoms with Crippen LogP contribution >= 0.6 is 23.1 Å². The van der Waals surface area contributed by atoms with E-state index in [0.29, 0.717) is 36.7 Å². The lowest BCUT2D eigenvalue weighted by atomic mass is 9.99. The van der Waals surface area contributed by atoms with Crippen molar-refractivity contribution in [1.29, 1.82) is 0 Å². The maximum atomic E-state index is 13.2. The van der Waals surface area contributed by atoms with E-state index >= 15 is 0 Å². The molecule has 0 radical (unpaired) electrons. The predicted molar refractivity (Wildman–Crippen MR) is 151 cm³/mol. The van der Waals surface area contributed by atoms with Gasteiger partial charge in [-0.3, -0.25) is 9.10 Å². The average Bonchev–Trinajstić information content (AvgIpc) is 3.62. The summed E-state index contributed by atoms with van der Waals surface area (Å²) in [7, 11) is -2.17. The van der Waals surface area contributed by atoms with Crippen LogP contribution in [0.5, 0.6) is 0 Å². The fourth-order valence-electron chi connectivity index (χ4n) is 4.46. The number of thiophene rings is 1. The van der Waals surface area contributed by atoms with E-state index in [1.165, 1.54) is 28.3 Å². The lowest BCUT2D eigenvalue weighted by molar-refractivity contribution is 0.0740. The summed E-state index contributed by atoms with van der Waals surface area (Å²) >= 11 is 3.05. The maximum Gasteiger partial charge on any atom is 0.273 e. The summed E-state index contributed by atoms with van der Waals surface area (Å²) in [4.78, 5) is 16.4. The highest BCUT2D eigenvalue weighted by molar-refractivity contribution is 7.99. The molecule has 0 bridgehead atoms. The summed E-state index contributed by atoms with van der Waals surface area (Å²) in [5.74, 6) is 0.662. The van der Waals surface area contributed by atoms with Gasteiger partial charge in [-0.1, -0.05) is 48.5 Å². The first-order valence-electron chi connectivity index (χ1n) is 12.1. The van der Waals surface area contributed by atoms with Crippen LogP contribution in [0.1, 0.15) is 28.9 Å². The molecule has 2 aromatic heterocycles. The molecule has 3 heterocycles. The third-order valence-electron chi connectivity index (χ3n) is 6.69. The maximum absolute atomic E-state index is 13.2. The molecule has 0 unspecified atom stereocenters. The number of carbonyl (C=O) groups is 1. The van der Waals surface area contributed by atoms with E-state index in [4.69, 9.17) is 4.74 Å². The first-order valence-corrected chi connectivity index (χ1v) is 15.4. The van der Waals surface area contributed by atoms with E-state index in [9.17, 15) is 13.2 Å². The summed E-state index contributed by atoms with van der Waals surface area (Å²) in [6.45, 7) is 1.89. The number of rotatable bonds is 9. The lowest BCUT2D eigenvalue weighted by Crippen LogP contribution is -2.44. The van der Waals surface area contributed by atoms with Crippen LogP contribution in [-0.4, -0.2) is 50.9 Å². The standard InChI is InChI=1S/C27H29N3O4S3/c1-30(37(32,33)24-11-6-16-35-24)23-10-5-9-21-17-22(29-25(21)23)26(31)28-19-27(12-14-34-15-13-27)36-18-20-7-3-2-4-8-20/h2-11,16-17,29H,12-15,18-19H2,1H3,(H,28,31). The van der Waals surface area contributed by atoms with Gasteiger partial charge in [0, 0.05) is 42.7 Å². The van der Waals surface area contributed by atoms with Crippen LogP contribution in [0.2, 0.25) is 0 Å². The van der Waals surface area contributed by atoms with Gasteiger partial charge in [0.05, 0.1) is 11.2 Å². The second-order valence-corrected chi connectivity index (χ2v) is 13.7. The molecule has 0 saturated carbocycles. The van der Waals surface area contributed by atoms with Crippen LogP contribution in [0.4, 0.5) is 5.69 Å². The van der Waals surface area contributed by atoms with Gasteiger partial charge in [-0.15, -0.1) is 23.1 Å². The van der Waals surface area contributed by atoms with E-state index in [-0.39, 0.29) is 14.9 Å². The molecule has 2 aromatic carbocycles. The molecule has 7 nitrogen and oxygen atoms in total. The second-order valence-electron chi connectivity index (χ2n) is 9.08. The second kappa shape index (κ2) is 10.9. The molecule has 4 aromatic rings. The summed E-state index contributed by atoms with van der Waals surface area (Å²) in [6, 6.07) is 20.8. The lowest BCUT2D eigenvalue weighted by Gasteiger charge is -2.36. The first kappa shape index (κ1) is 25.8. The average molecular weight is 556 g/mol. The Balaban J connectivity index is 1.33. The molecule has 0 spiro atoms. The predicted octanol–water partition coefficient (Wildman–Crippen LogP) is 5.27. The SMILES string of the molecule is CN(c1cccc2cc(C(=O)NCC3(SCc4ccccc4)CCOCC3)[nH]c12)S(=O)(=O)c1cccs1. The van der Waals surface area contributed by atoms with Crippen molar-refractivity contribution < 1.29 is 17.9 Å². The zero-order valence-corrected chi connectivity index (χ0v) is 22.9. The van der Waals surface area contributed by atoms with Crippen LogP contribution in [0.15, 0.2) is 76.3 Å². The molecular formula is C27H29N3O4S3. The van der Waals surface area contributed by atoms with Gasteiger partial charge < -0.3 is 15.0 Å². The zero-order chi connectivity index (χ0) is 25.9. The number of ether oxygens (including phenoxy) is 1. The Bertz CT molecular complexity index is 1460. The number of nitrogens with zero attached hydrogens (tertiary/aromatic N) is 1. The van der Waals surface area contributed by atoms with Gasteiger partial charge in [-0.2, -0.15) is 0 Å². The molecule has 1 fully saturated rings. The van der Waals surface area contributed by atoms with Gasteiger partial charge in [0.15, 0.2) is 0 Å². The third-order valence-corrected chi connectivity index (χ3v) is 11.5. The van der Waals surface area contributed by atoms with Crippen molar-refractivity contribution in [1.82, 2.24) is 10.3 Å². The fourth-order valence-corrected chi connectivity index (χ4v) is 8.13. The molecule has 10 heteroatoms. The van der Waals surface area contributed by atoms with E-state index in [1.54, 1.807) is 35.7 Å². The number of aromatic nitrogens is 1. The highest BCUT2D eigenvalue weighted by Gasteiger charge is 2.34. The number of H-pyrrole nitrogens is 1. The highest BCUT2D eigenvalue weighted by Crippen LogP contribution is 2.37. The van der Waals surface area contributed by atoms with Crippen LogP contribution in [-0.2, 0) is 20.5 Å². The number of thioether (sulfide) groups is 1. The van der Waals surface area contributed by atoms with Crippen LogP contribution < -0.4 is 9.62 Å². The van der Waals surface area contributed by atoms with E-state index in [1.807, 2.05) is 36.0 Å². The molecule has 1 aliphatic rings. The Kier molecular flexibility index (Phi) is 7.62. The van der Waals surface area contributed by atoms with Crippen molar-refractivity contribution in [2.24, 2.45) is 0 Å². The van der Waals surface area contributed by atoms with Gasteiger partial charge in [-0.25, -0.2) is 8.42 Å². The van der Waals surface area contributed by atoms with Crippen molar-refractivity contribution in [2.45, 2.75) is 27.6 Å². The number of hydrogen-bond acceptors (Lipinski definition) is 6. The normalized spacial score (nSPS) is 15.5. The molecule has 37 heavy (non-hydrogen) atoms. The molecule has 2 N–H and O–H groups in total. The molecule has 1 aliphatic heterocycles. The van der Waals surface area contributed by atoms with Gasteiger partial charge in [0.25, 0.3) is 15.9 Å². The fraction of sp³-hybridized carbons (Fsp3) is 0.296. The Morgan fingerprint density at radius 2 is 1.89 bits per heavy atom. The number of carbonyl (C=O) groups excluding carboxylic acids is 1. The number of anilines is 1. The van der Waals surface area contributed by atoms with Crippen molar-refractivity contribution in [2.75, 3.05) is 31.1 Å². The van der Waals surface area contributed by atoms with Gasteiger partial charge in [0.2, 0.25) is 0 Å². The third kappa shape index (κ3) is 5.57. The van der Waals surface area contributed by atoms with Crippen molar-refractivity contribution in [3.05, 3.63) is 83.4 Å². The molecule has 194 valence electrons. The largest absolute Gasteiger partial charge is 0.381 e. The van der Waals surface area contributed by atoms with Gasteiger partial charge in [0.1, 0.15) is 9.90 Å². The number of aromatic amines is 1. The smallest absolute Gasteiger partial charge is 0.273 e. The van der Waals surface area contributed by atoms with Crippen molar-refractivity contribution >= 4 is 55.6 Å². The number of fused-ring (bicyclic) bond motifs is 1. The molecule has 5 rings (SSSR count). The Morgan fingerprint density at radius 3 is 2.62 bits per heavy atom. The molecule has 1 saturated heterocycles. The van der Waals surface area contributed by atoms with Gasteiger partial charge >= 0.3 is 0 Å². The summed E-state index contributed by atoms with van der Waals surface area (Å²) < 4.78 is 33.2. The minimum Gasteiger partial charge on any atom is -0.381 e. The zero-order valence-electron chi connectivity index (χ0n) is 20.5. The molecule has 1 amide bonds. The summed E-state index contributed by atoms with van der Waals surface area (Å²) in [6.07, 6.45) is 1.74. The topological polar surface area (TPSA) is 91.5 Å². The molecule has 0 aliphatic carbocycles. The summed E-state index contributed by atoms with van der Waals surface area (Å²) in [5, 5.41) is 5.64. The number of hydrogen-bond donors (Lipinski definition) is 2. The van der Waals surface area contributed by atoms with E-state index in [2.05, 4.69) is 22.4 Å². The van der Waals surface area contributed by atoms with Gasteiger partial charge in [-0.05, 0) is 42.0 Å². The van der Waals surface area contributed by atoms with Crippen LogP contribution in [0.25, 0.3) is 10.9 Å². The Labute approximate surface area is 225 Å². The monoisotopic (exact) mass is 555 g/mol. The molecule has 0 atom stereocenters. The number of benzene rings is 2. The number of nitrogens with one attached hydrogen (secondary N) is 2. The summed E-state index contributed by atoms with van der Waals surface area (Å²) in [5.41, 5.74) is 2.76. The quantitative estimate of drug-likeness (QED) is 0.294. The number of amides is 1.